The van der Waals surface area contributed by atoms with Crippen molar-refractivity contribution in [3.8, 4) is 17.0 Å². The molecule has 0 aliphatic heterocycles. The molecule has 0 radical (unpaired) electrons. The van der Waals surface area contributed by atoms with E-state index in [2.05, 4.69) is 36.1 Å². The molecule has 2 aromatic heterocycles. The minimum Gasteiger partial charge on any atom is -0.490 e. The summed E-state index contributed by atoms with van der Waals surface area (Å²) in [6.45, 7) is 8.88. The lowest BCUT2D eigenvalue weighted by molar-refractivity contribution is 0.177. The van der Waals surface area contributed by atoms with Gasteiger partial charge in [-0.25, -0.2) is 14.4 Å². The van der Waals surface area contributed by atoms with Gasteiger partial charge in [0.15, 0.2) is 5.82 Å². The summed E-state index contributed by atoms with van der Waals surface area (Å²) in [4.78, 5) is 8.19. The Morgan fingerprint density at radius 1 is 1.36 bits per heavy atom. The van der Waals surface area contributed by atoms with Crippen LogP contribution in [0.4, 0.5) is 4.39 Å². The molecular weight excluding hydrogens is 341 g/mol. The lowest BCUT2D eigenvalue weighted by Gasteiger charge is -2.31. The predicted molar refractivity (Wildman–Crippen MR) is 99.6 cm³/mol. The third kappa shape index (κ3) is 5.13. The standard InChI is InChI=1S/C19H25ClFN3O/c1-12(2)9-19(4,22-5)11-25-17-7-6-16(24-13(17)3)14-8-18(20)23-10-15(14)21/h6-8,10,12,22H,9,11H2,1-5H3/t19-/m0/s1. The Kier molecular flexibility index (Phi) is 6.36. The van der Waals surface area contributed by atoms with Gasteiger partial charge < -0.3 is 10.1 Å². The number of nitrogens with one attached hydrogen (secondary N) is 1. The average Bonchev–Trinajstić information content (AvgIpc) is 2.55. The maximum Gasteiger partial charge on any atom is 0.150 e. The molecule has 0 amide bonds. The second-order valence-corrected chi connectivity index (χ2v) is 7.35. The number of hydrogen-bond donors (Lipinski definition) is 1. The Morgan fingerprint density at radius 2 is 2.08 bits per heavy atom. The zero-order valence-corrected chi connectivity index (χ0v) is 16.1. The highest BCUT2D eigenvalue weighted by molar-refractivity contribution is 6.29. The number of halogens is 2. The molecule has 2 rings (SSSR count). The molecule has 0 spiro atoms. The maximum absolute atomic E-state index is 14.0. The largest absolute Gasteiger partial charge is 0.490 e. The van der Waals surface area contributed by atoms with Crippen LogP contribution in [0.15, 0.2) is 24.4 Å². The number of rotatable bonds is 7. The number of likely N-dealkylation sites (N-methyl/N-ethyl adjacent to an activating group) is 1. The highest BCUT2D eigenvalue weighted by Crippen LogP contribution is 2.27. The summed E-state index contributed by atoms with van der Waals surface area (Å²) in [6, 6.07) is 5.02. The van der Waals surface area contributed by atoms with Gasteiger partial charge in [-0.05, 0) is 51.4 Å². The van der Waals surface area contributed by atoms with Gasteiger partial charge in [-0.15, -0.1) is 0 Å². The SMILES string of the molecule is CN[C@](C)(COc1ccc(-c2cc(Cl)ncc2F)nc1C)CC(C)C. The van der Waals surface area contributed by atoms with Crippen LogP contribution in [-0.2, 0) is 0 Å². The van der Waals surface area contributed by atoms with E-state index in [1.165, 1.54) is 6.07 Å². The molecule has 0 unspecified atom stereocenters. The van der Waals surface area contributed by atoms with E-state index in [0.29, 0.717) is 35.2 Å². The molecule has 0 saturated heterocycles. The van der Waals surface area contributed by atoms with Gasteiger partial charge in [-0.3, -0.25) is 0 Å². The van der Waals surface area contributed by atoms with E-state index < -0.39 is 5.82 Å². The summed E-state index contributed by atoms with van der Waals surface area (Å²) in [5.41, 5.74) is 1.41. The zero-order valence-electron chi connectivity index (χ0n) is 15.4. The molecule has 0 aliphatic carbocycles. The van der Waals surface area contributed by atoms with Crippen molar-refractivity contribution in [2.45, 2.75) is 39.7 Å². The van der Waals surface area contributed by atoms with E-state index in [1.807, 2.05) is 20.0 Å². The smallest absolute Gasteiger partial charge is 0.150 e. The van der Waals surface area contributed by atoms with Crippen LogP contribution in [-0.4, -0.2) is 29.2 Å². The monoisotopic (exact) mass is 365 g/mol. The number of ether oxygens (including phenoxy) is 1. The van der Waals surface area contributed by atoms with Crippen LogP contribution in [0.3, 0.4) is 0 Å². The molecule has 0 aromatic carbocycles. The van der Waals surface area contributed by atoms with Crippen LogP contribution < -0.4 is 10.1 Å². The maximum atomic E-state index is 14.0. The topological polar surface area (TPSA) is 47.0 Å². The van der Waals surface area contributed by atoms with Gasteiger partial charge in [-0.1, -0.05) is 25.4 Å². The van der Waals surface area contributed by atoms with Crippen molar-refractivity contribution in [1.82, 2.24) is 15.3 Å². The van der Waals surface area contributed by atoms with Crippen molar-refractivity contribution in [2.75, 3.05) is 13.7 Å². The summed E-state index contributed by atoms with van der Waals surface area (Å²) in [5.74, 6) is 0.793. The fourth-order valence-corrected chi connectivity index (χ4v) is 2.99. The molecule has 0 bridgehead atoms. The van der Waals surface area contributed by atoms with Gasteiger partial charge in [0, 0.05) is 11.1 Å². The van der Waals surface area contributed by atoms with Gasteiger partial charge in [0.05, 0.1) is 17.6 Å². The molecule has 2 heterocycles. The molecule has 0 aliphatic rings. The molecule has 1 N–H and O–H groups in total. The third-order valence-electron chi connectivity index (χ3n) is 4.14. The Hall–Kier alpha value is -1.72. The van der Waals surface area contributed by atoms with Crippen LogP contribution >= 0.6 is 11.6 Å². The Balaban J connectivity index is 2.18. The van der Waals surface area contributed by atoms with Gasteiger partial charge >= 0.3 is 0 Å². The summed E-state index contributed by atoms with van der Waals surface area (Å²) in [6.07, 6.45) is 2.10. The zero-order chi connectivity index (χ0) is 18.6. The molecule has 2 aromatic rings. The molecule has 25 heavy (non-hydrogen) atoms. The molecule has 0 fully saturated rings. The number of aromatic nitrogens is 2. The van der Waals surface area contributed by atoms with E-state index >= 15 is 0 Å². The first-order valence-electron chi connectivity index (χ1n) is 8.35. The van der Waals surface area contributed by atoms with Crippen molar-refractivity contribution in [1.29, 1.82) is 0 Å². The first kappa shape index (κ1) is 19.6. The van der Waals surface area contributed by atoms with Gasteiger partial charge in [-0.2, -0.15) is 0 Å². The van der Waals surface area contributed by atoms with Crippen LogP contribution in [0.5, 0.6) is 5.75 Å². The fourth-order valence-electron chi connectivity index (χ4n) is 2.83. The Morgan fingerprint density at radius 3 is 2.68 bits per heavy atom. The molecule has 0 saturated carbocycles. The molecule has 6 heteroatoms. The van der Waals surface area contributed by atoms with Gasteiger partial charge in [0.25, 0.3) is 0 Å². The quantitative estimate of drug-likeness (QED) is 0.725. The number of pyridine rings is 2. The molecule has 136 valence electrons. The lowest BCUT2D eigenvalue weighted by atomic mass is 9.92. The second kappa shape index (κ2) is 8.11. The highest BCUT2D eigenvalue weighted by Gasteiger charge is 2.24. The average molecular weight is 366 g/mol. The summed E-state index contributed by atoms with van der Waals surface area (Å²) < 4.78 is 19.9. The van der Waals surface area contributed by atoms with Crippen molar-refractivity contribution in [2.24, 2.45) is 5.92 Å². The minimum atomic E-state index is -0.454. The van der Waals surface area contributed by atoms with E-state index in [-0.39, 0.29) is 10.7 Å². The van der Waals surface area contributed by atoms with Crippen LogP contribution in [0.1, 0.15) is 32.9 Å². The van der Waals surface area contributed by atoms with Crippen molar-refractivity contribution >= 4 is 11.6 Å². The molecule has 4 nitrogen and oxygen atoms in total. The fraction of sp³-hybridized carbons (Fsp3) is 0.474. The first-order chi connectivity index (χ1) is 11.7. The number of aryl methyl sites for hydroxylation is 1. The minimum absolute atomic E-state index is 0.121. The van der Waals surface area contributed by atoms with Gasteiger partial charge in [0.2, 0.25) is 0 Å². The normalized spacial score (nSPS) is 13.8. The van der Waals surface area contributed by atoms with E-state index in [1.54, 1.807) is 6.07 Å². The van der Waals surface area contributed by atoms with Crippen LogP contribution in [0.25, 0.3) is 11.3 Å². The van der Waals surface area contributed by atoms with E-state index in [4.69, 9.17) is 16.3 Å². The molecular formula is C19H25ClFN3O. The van der Waals surface area contributed by atoms with E-state index in [9.17, 15) is 4.39 Å². The first-order valence-corrected chi connectivity index (χ1v) is 8.72. The van der Waals surface area contributed by atoms with Crippen molar-refractivity contribution in [3.05, 3.63) is 41.1 Å². The van der Waals surface area contributed by atoms with Crippen LogP contribution in [0.2, 0.25) is 5.15 Å². The Bertz CT molecular complexity index is 739. The van der Waals surface area contributed by atoms with Crippen molar-refractivity contribution in [3.63, 3.8) is 0 Å². The molecule has 1 atom stereocenters. The van der Waals surface area contributed by atoms with Gasteiger partial charge in [0.1, 0.15) is 17.5 Å². The second-order valence-electron chi connectivity index (χ2n) is 6.96. The van der Waals surface area contributed by atoms with E-state index in [0.717, 1.165) is 12.6 Å². The lowest BCUT2D eigenvalue weighted by Crippen LogP contribution is -2.46. The Labute approximate surface area is 153 Å². The summed E-state index contributed by atoms with van der Waals surface area (Å²) >= 11 is 5.86. The summed E-state index contributed by atoms with van der Waals surface area (Å²) in [7, 11) is 1.94. The van der Waals surface area contributed by atoms with Crippen LogP contribution in [0, 0.1) is 18.7 Å². The number of nitrogens with zero attached hydrogens (tertiary/aromatic N) is 2. The van der Waals surface area contributed by atoms with Crippen molar-refractivity contribution < 1.29 is 9.13 Å². The predicted octanol–water partition coefficient (Wildman–Crippen LogP) is 4.65. The number of hydrogen-bond acceptors (Lipinski definition) is 4. The summed E-state index contributed by atoms with van der Waals surface area (Å²) in [5, 5.41) is 3.56. The third-order valence-corrected chi connectivity index (χ3v) is 4.35. The highest BCUT2D eigenvalue weighted by atomic mass is 35.5.